The molecule has 1 aromatic rings. The van der Waals surface area contributed by atoms with Crippen LogP contribution < -0.4 is 10.6 Å². The summed E-state index contributed by atoms with van der Waals surface area (Å²) < 4.78 is 0. The number of anilines is 1. The van der Waals surface area contributed by atoms with Gasteiger partial charge in [-0.05, 0) is 25.2 Å². The van der Waals surface area contributed by atoms with Gasteiger partial charge in [0.15, 0.2) is 5.13 Å². The highest BCUT2D eigenvalue weighted by atomic mass is 32.1. The predicted octanol–water partition coefficient (Wildman–Crippen LogP) is 1.47. The molecule has 1 heterocycles. The Hall–Kier alpha value is -1.14. The van der Waals surface area contributed by atoms with Crippen molar-refractivity contribution in [3.8, 4) is 0 Å². The van der Waals surface area contributed by atoms with Gasteiger partial charge in [0.1, 0.15) is 5.69 Å². The highest BCUT2D eigenvalue weighted by Gasteiger charge is 2.21. The molecule has 2 unspecified atom stereocenters. The maximum absolute atomic E-state index is 11.8. The predicted molar refractivity (Wildman–Crippen MR) is 72.0 cm³/mol. The number of nitrogens with one attached hydrogen (secondary N) is 2. The number of hydrogen-bond acceptors (Lipinski definition) is 5. The van der Waals surface area contributed by atoms with E-state index < -0.39 is 0 Å². The van der Waals surface area contributed by atoms with E-state index in [0.29, 0.717) is 18.2 Å². The van der Waals surface area contributed by atoms with E-state index in [-0.39, 0.29) is 12.0 Å². The molecule has 1 fully saturated rings. The van der Waals surface area contributed by atoms with E-state index in [1.54, 1.807) is 12.4 Å². The second-order valence-corrected chi connectivity index (χ2v) is 5.54. The van der Waals surface area contributed by atoms with Crippen LogP contribution in [0, 0.1) is 5.92 Å². The van der Waals surface area contributed by atoms with Crippen LogP contribution in [0.2, 0.25) is 0 Å². The standard InChI is InChI=1S/C12H19N3O2S/c1-13-12-15-10(7-18-12)11(17)14-6-8-3-2-4-9(16)5-8/h7-9,16H,2-6H2,1H3,(H,13,15)(H,14,17). The van der Waals surface area contributed by atoms with Crippen LogP contribution in [-0.2, 0) is 0 Å². The molecule has 0 spiro atoms. The molecule has 100 valence electrons. The molecule has 3 N–H and O–H groups in total. The lowest BCUT2D eigenvalue weighted by atomic mass is 9.87. The summed E-state index contributed by atoms with van der Waals surface area (Å²) in [5.41, 5.74) is 0.459. The van der Waals surface area contributed by atoms with E-state index in [1.807, 2.05) is 0 Å². The van der Waals surface area contributed by atoms with Crippen molar-refractivity contribution in [3.05, 3.63) is 11.1 Å². The van der Waals surface area contributed by atoms with Crippen molar-refractivity contribution >= 4 is 22.4 Å². The van der Waals surface area contributed by atoms with Crippen molar-refractivity contribution in [1.82, 2.24) is 10.3 Å². The fourth-order valence-corrected chi connectivity index (χ4v) is 2.92. The van der Waals surface area contributed by atoms with E-state index in [0.717, 1.165) is 30.8 Å². The Bertz CT molecular complexity index is 408. The van der Waals surface area contributed by atoms with Gasteiger partial charge in [-0.3, -0.25) is 4.79 Å². The number of aromatic nitrogens is 1. The quantitative estimate of drug-likeness (QED) is 0.774. The molecular weight excluding hydrogens is 250 g/mol. The van der Waals surface area contributed by atoms with E-state index >= 15 is 0 Å². The van der Waals surface area contributed by atoms with Crippen LogP contribution in [0.3, 0.4) is 0 Å². The Morgan fingerprint density at radius 3 is 3.11 bits per heavy atom. The molecule has 2 rings (SSSR count). The van der Waals surface area contributed by atoms with Gasteiger partial charge in [0.2, 0.25) is 0 Å². The van der Waals surface area contributed by atoms with Crippen LogP contribution in [0.15, 0.2) is 5.38 Å². The summed E-state index contributed by atoms with van der Waals surface area (Å²) in [6.07, 6.45) is 3.61. The molecule has 1 aliphatic carbocycles. The average Bonchev–Trinajstić information content (AvgIpc) is 2.85. The zero-order valence-electron chi connectivity index (χ0n) is 10.5. The minimum absolute atomic E-state index is 0.132. The summed E-state index contributed by atoms with van der Waals surface area (Å²) in [6, 6.07) is 0. The van der Waals surface area contributed by atoms with Gasteiger partial charge in [-0.1, -0.05) is 6.42 Å². The minimum atomic E-state index is -0.198. The first kappa shape index (κ1) is 13.3. The molecule has 1 amide bonds. The highest BCUT2D eigenvalue weighted by Crippen LogP contribution is 2.23. The number of rotatable bonds is 4. The maximum atomic E-state index is 11.8. The molecule has 18 heavy (non-hydrogen) atoms. The average molecular weight is 269 g/mol. The highest BCUT2D eigenvalue weighted by molar-refractivity contribution is 7.13. The van der Waals surface area contributed by atoms with Crippen LogP contribution >= 0.6 is 11.3 Å². The van der Waals surface area contributed by atoms with Crippen LogP contribution in [0.1, 0.15) is 36.2 Å². The molecule has 0 aliphatic heterocycles. The Morgan fingerprint density at radius 2 is 2.44 bits per heavy atom. The van der Waals surface area contributed by atoms with Crippen molar-refractivity contribution in [2.45, 2.75) is 31.8 Å². The third-order valence-electron chi connectivity index (χ3n) is 3.26. The molecule has 1 aliphatic rings. The number of carbonyl (C=O) groups is 1. The SMILES string of the molecule is CNc1nc(C(=O)NCC2CCCC(O)C2)cs1. The van der Waals surface area contributed by atoms with Crippen molar-refractivity contribution in [1.29, 1.82) is 0 Å². The summed E-state index contributed by atoms with van der Waals surface area (Å²) in [5.74, 6) is 0.257. The molecule has 1 saturated carbocycles. The Kier molecular flexibility index (Phi) is 4.54. The monoisotopic (exact) mass is 269 g/mol. The van der Waals surface area contributed by atoms with Gasteiger partial charge in [-0.15, -0.1) is 11.3 Å². The summed E-state index contributed by atoms with van der Waals surface area (Å²) >= 11 is 1.42. The van der Waals surface area contributed by atoms with Gasteiger partial charge < -0.3 is 15.7 Å². The molecular formula is C12H19N3O2S. The first-order chi connectivity index (χ1) is 8.69. The van der Waals surface area contributed by atoms with Gasteiger partial charge in [0, 0.05) is 19.0 Å². The van der Waals surface area contributed by atoms with Gasteiger partial charge in [-0.25, -0.2) is 4.98 Å². The Labute approximate surface area is 111 Å². The van der Waals surface area contributed by atoms with E-state index in [1.165, 1.54) is 11.3 Å². The zero-order valence-corrected chi connectivity index (χ0v) is 11.3. The Balaban J connectivity index is 1.80. The first-order valence-corrected chi connectivity index (χ1v) is 7.16. The Morgan fingerprint density at radius 1 is 1.61 bits per heavy atom. The van der Waals surface area contributed by atoms with Gasteiger partial charge in [-0.2, -0.15) is 0 Å². The largest absolute Gasteiger partial charge is 0.393 e. The second kappa shape index (κ2) is 6.15. The molecule has 0 saturated heterocycles. The summed E-state index contributed by atoms with van der Waals surface area (Å²) in [5, 5.41) is 17.9. The number of aliphatic hydroxyl groups is 1. The normalized spacial score (nSPS) is 23.7. The summed E-state index contributed by atoms with van der Waals surface area (Å²) in [6.45, 7) is 0.627. The fourth-order valence-electron chi connectivity index (χ4n) is 2.27. The third-order valence-corrected chi connectivity index (χ3v) is 4.12. The second-order valence-electron chi connectivity index (χ2n) is 4.68. The topological polar surface area (TPSA) is 74.2 Å². The van der Waals surface area contributed by atoms with Crippen molar-refractivity contribution in [3.63, 3.8) is 0 Å². The number of aliphatic hydroxyl groups excluding tert-OH is 1. The number of carbonyl (C=O) groups excluding carboxylic acids is 1. The summed E-state index contributed by atoms with van der Waals surface area (Å²) in [4.78, 5) is 16.0. The molecule has 0 bridgehead atoms. The fraction of sp³-hybridized carbons (Fsp3) is 0.667. The van der Waals surface area contributed by atoms with Crippen LogP contribution in [-0.4, -0.2) is 35.7 Å². The van der Waals surface area contributed by atoms with Crippen LogP contribution in [0.25, 0.3) is 0 Å². The maximum Gasteiger partial charge on any atom is 0.270 e. The lowest BCUT2D eigenvalue weighted by molar-refractivity contribution is 0.0871. The number of hydrogen-bond donors (Lipinski definition) is 3. The zero-order chi connectivity index (χ0) is 13.0. The first-order valence-electron chi connectivity index (χ1n) is 6.28. The molecule has 6 heteroatoms. The van der Waals surface area contributed by atoms with Crippen LogP contribution in [0.4, 0.5) is 5.13 Å². The van der Waals surface area contributed by atoms with Crippen molar-refractivity contribution in [2.24, 2.45) is 5.92 Å². The molecule has 1 aromatic heterocycles. The molecule has 0 radical (unpaired) electrons. The number of amides is 1. The van der Waals surface area contributed by atoms with E-state index in [2.05, 4.69) is 15.6 Å². The molecule has 0 aromatic carbocycles. The number of nitrogens with zero attached hydrogens (tertiary/aromatic N) is 1. The lowest BCUT2D eigenvalue weighted by Crippen LogP contribution is -2.33. The molecule has 5 nitrogen and oxygen atoms in total. The van der Waals surface area contributed by atoms with Crippen LogP contribution in [0.5, 0.6) is 0 Å². The van der Waals surface area contributed by atoms with E-state index in [4.69, 9.17) is 0 Å². The van der Waals surface area contributed by atoms with Gasteiger partial charge >= 0.3 is 0 Å². The number of thiazole rings is 1. The molecule has 2 atom stereocenters. The third kappa shape index (κ3) is 3.43. The van der Waals surface area contributed by atoms with Gasteiger partial charge in [0.05, 0.1) is 6.10 Å². The summed E-state index contributed by atoms with van der Waals surface area (Å²) in [7, 11) is 1.78. The van der Waals surface area contributed by atoms with E-state index in [9.17, 15) is 9.90 Å². The smallest absolute Gasteiger partial charge is 0.270 e. The van der Waals surface area contributed by atoms with Gasteiger partial charge in [0.25, 0.3) is 5.91 Å². The van der Waals surface area contributed by atoms with Crippen molar-refractivity contribution in [2.75, 3.05) is 18.9 Å². The lowest BCUT2D eigenvalue weighted by Gasteiger charge is -2.25. The minimum Gasteiger partial charge on any atom is -0.393 e. The van der Waals surface area contributed by atoms with Crippen molar-refractivity contribution < 1.29 is 9.90 Å².